The molecule has 0 aliphatic carbocycles. The molecule has 7 heteroatoms. The average Bonchev–Trinajstić information content (AvgIpc) is 3.20. The summed E-state index contributed by atoms with van der Waals surface area (Å²) in [6, 6.07) is 13.9. The molecule has 2 aromatic carbocycles. The average molecular weight is 420 g/mol. The van der Waals surface area contributed by atoms with Gasteiger partial charge in [0.05, 0.1) is 10.9 Å². The molecule has 1 aromatic heterocycles. The van der Waals surface area contributed by atoms with Crippen molar-refractivity contribution in [2.75, 3.05) is 6.61 Å². The Hall–Kier alpha value is -3.61. The van der Waals surface area contributed by atoms with Gasteiger partial charge in [0, 0.05) is 18.6 Å². The minimum Gasteiger partial charge on any atom is -0.491 e. The van der Waals surface area contributed by atoms with Crippen molar-refractivity contribution < 1.29 is 28.2 Å². The van der Waals surface area contributed by atoms with Crippen LogP contribution in [0.25, 0.3) is 22.3 Å². The highest BCUT2D eigenvalue weighted by Gasteiger charge is 2.68. The number of fused-ring (bicyclic) bond motifs is 4. The quantitative estimate of drug-likeness (QED) is 0.587. The van der Waals surface area contributed by atoms with Gasteiger partial charge in [-0.25, -0.2) is 0 Å². The third kappa shape index (κ3) is 2.69. The summed E-state index contributed by atoms with van der Waals surface area (Å²) in [5.41, 5.74) is -1.45. The van der Waals surface area contributed by atoms with E-state index in [0.717, 1.165) is 5.56 Å². The van der Waals surface area contributed by atoms with Crippen LogP contribution in [0.5, 0.6) is 5.75 Å². The summed E-state index contributed by atoms with van der Waals surface area (Å²) in [7, 11) is 0. The van der Waals surface area contributed by atoms with Gasteiger partial charge in [0.1, 0.15) is 29.3 Å². The molecule has 2 aliphatic heterocycles. The molecule has 1 spiro atoms. The SMILES string of the molecule is CC(=O)O[C@H]1C(C)(C)OC(=O)[C@@]12COc1ccc3c(=O)cc(-c4ccccc4)oc3c12. The van der Waals surface area contributed by atoms with E-state index in [1.165, 1.54) is 13.0 Å². The Morgan fingerprint density at radius 1 is 1.10 bits per heavy atom. The second kappa shape index (κ2) is 6.44. The molecule has 2 atom stereocenters. The number of carbonyl (C=O) groups is 2. The molecule has 158 valence electrons. The fourth-order valence-electron chi connectivity index (χ4n) is 4.61. The maximum Gasteiger partial charge on any atom is 0.325 e. The van der Waals surface area contributed by atoms with Crippen molar-refractivity contribution in [3.8, 4) is 17.1 Å². The minimum atomic E-state index is -1.44. The highest BCUT2D eigenvalue weighted by molar-refractivity contribution is 5.97. The summed E-state index contributed by atoms with van der Waals surface area (Å²) in [5, 5.41) is 0.308. The highest BCUT2D eigenvalue weighted by atomic mass is 16.6. The van der Waals surface area contributed by atoms with Crippen LogP contribution in [0.3, 0.4) is 0 Å². The van der Waals surface area contributed by atoms with Crippen molar-refractivity contribution in [2.45, 2.75) is 37.9 Å². The van der Waals surface area contributed by atoms with E-state index in [2.05, 4.69) is 0 Å². The first-order valence-corrected chi connectivity index (χ1v) is 9.94. The molecule has 1 fully saturated rings. The van der Waals surface area contributed by atoms with Gasteiger partial charge < -0.3 is 18.6 Å². The van der Waals surface area contributed by atoms with Crippen molar-refractivity contribution in [3.63, 3.8) is 0 Å². The first-order valence-electron chi connectivity index (χ1n) is 9.94. The second-order valence-electron chi connectivity index (χ2n) is 8.40. The van der Waals surface area contributed by atoms with Crippen molar-refractivity contribution in [2.24, 2.45) is 0 Å². The molecule has 0 radical (unpaired) electrons. The number of esters is 2. The molecule has 1 saturated heterocycles. The van der Waals surface area contributed by atoms with Crippen LogP contribution in [0.1, 0.15) is 26.3 Å². The summed E-state index contributed by atoms with van der Waals surface area (Å²) in [6.45, 7) is 4.56. The fraction of sp³-hybridized carbons (Fsp3) is 0.292. The van der Waals surface area contributed by atoms with Gasteiger partial charge in [0.2, 0.25) is 0 Å². The highest BCUT2D eigenvalue weighted by Crippen LogP contribution is 2.53. The zero-order chi connectivity index (χ0) is 22.0. The molecular weight excluding hydrogens is 400 g/mol. The van der Waals surface area contributed by atoms with E-state index in [1.807, 2.05) is 30.3 Å². The molecule has 0 bridgehead atoms. The molecule has 3 aromatic rings. The molecule has 0 N–H and O–H groups in total. The van der Waals surface area contributed by atoms with Crippen molar-refractivity contribution in [3.05, 3.63) is 64.3 Å². The zero-order valence-corrected chi connectivity index (χ0v) is 17.3. The Kier molecular flexibility index (Phi) is 4.02. The van der Waals surface area contributed by atoms with Crippen LogP contribution in [0.4, 0.5) is 0 Å². The third-order valence-electron chi connectivity index (χ3n) is 5.90. The van der Waals surface area contributed by atoms with Crippen molar-refractivity contribution in [1.82, 2.24) is 0 Å². The Labute approximate surface area is 177 Å². The summed E-state index contributed by atoms with van der Waals surface area (Å²) in [4.78, 5) is 38.1. The first kappa shape index (κ1) is 19.4. The van der Waals surface area contributed by atoms with Gasteiger partial charge >= 0.3 is 11.9 Å². The monoisotopic (exact) mass is 420 g/mol. The second-order valence-corrected chi connectivity index (χ2v) is 8.40. The van der Waals surface area contributed by atoms with E-state index >= 15 is 0 Å². The van der Waals surface area contributed by atoms with Crippen LogP contribution in [0.15, 0.2) is 57.7 Å². The van der Waals surface area contributed by atoms with E-state index < -0.39 is 29.1 Å². The van der Waals surface area contributed by atoms with E-state index in [9.17, 15) is 14.4 Å². The van der Waals surface area contributed by atoms with Crippen LogP contribution < -0.4 is 10.2 Å². The number of carbonyl (C=O) groups excluding carboxylic acids is 2. The van der Waals surface area contributed by atoms with Crippen LogP contribution >= 0.6 is 0 Å². The lowest BCUT2D eigenvalue weighted by Crippen LogP contribution is -2.50. The standard InChI is InChI=1S/C24H20O7/c1-13(25)29-21-23(2,3)31-22(27)24(21)12-28-17-10-9-15-16(26)11-18(30-20(15)19(17)24)14-7-5-4-6-8-14/h4-11,21H,12H2,1-3H3/t21-,24+/m0/s1. The summed E-state index contributed by atoms with van der Waals surface area (Å²) < 4.78 is 23.3. The van der Waals surface area contributed by atoms with E-state index in [-0.39, 0.29) is 17.6 Å². The first-order chi connectivity index (χ1) is 14.7. The molecule has 7 nitrogen and oxygen atoms in total. The van der Waals surface area contributed by atoms with E-state index in [0.29, 0.717) is 22.5 Å². The van der Waals surface area contributed by atoms with Crippen LogP contribution in [0, 0.1) is 0 Å². The number of ether oxygens (including phenoxy) is 3. The molecular formula is C24H20O7. The smallest absolute Gasteiger partial charge is 0.325 e. The third-order valence-corrected chi connectivity index (χ3v) is 5.90. The molecule has 0 unspecified atom stereocenters. The van der Waals surface area contributed by atoms with Crippen LogP contribution in [0.2, 0.25) is 0 Å². The lowest BCUT2D eigenvalue weighted by atomic mass is 9.73. The molecule has 0 amide bonds. The van der Waals surface area contributed by atoms with Gasteiger partial charge in [0.25, 0.3) is 0 Å². The van der Waals surface area contributed by atoms with Gasteiger partial charge in [0.15, 0.2) is 16.9 Å². The summed E-state index contributed by atoms with van der Waals surface area (Å²) in [5.74, 6) is -0.366. The maximum absolute atomic E-state index is 13.2. The van der Waals surface area contributed by atoms with Gasteiger partial charge in [-0.3, -0.25) is 14.4 Å². The topological polar surface area (TPSA) is 92.0 Å². The fourth-order valence-corrected chi connectivity index (χ4v) is 4.61. The Balaban J connectivity index is 1.82. The predicted molar refractivity (Wildman–Crippen MR) is 111 cm³/mol. The van der Waals surface area contributed by atoms with E-state index in [4.69, 9.17) is 18.6 Å². The largest absolute Gasteiger partial charge is 0.491 e. The van der Waals surface area contributed by atoms with Gasteiger partial charge in [-0.2, -0.15) is 0 Å². The van der Waals surface area contributed by atoms with Crippen LogP contribution in [-0.4, -0.2) is 30.3 Å². The maximum atomic E-state index is 13.2. The summed E-state index contributed by atoms with van der Waals surface area (Å²) >= 11 is 0. The summed E-state index contributed by atoms with van der Waals surface area (Å²) in [6.07, 6.45) is -0.956. The van der Waals surface area contributed by atoms with Gasteiger partial charge in [-0.05, 0) is 26.0 Å². The Morgan fingerprint density at radius 2 is 1.84 bits per heavy atom. The van der Waals surface area contributed by atoms with Crippen molar-refractivity contribution in [1.29, 1.82) is 0 Å². The minimum absolute atomic E-state index is 0.0824. The van der Waals surface area contributed by atoms with Crippen molar-refractivity contribution >= 4 is 22.9 Å². The van der Waals surface area contributed by atoms with Gasteiger partial charge in [-0.1, -0.05) is 30.3 Å². The number of rotatable bonds is 2. The number of cyclic esters (lactones) is 1. The van der Waals surface area contributed by atoms with E-state index in [1.54, 1.807) is 26.0 Å². The molecule has 3 heterocycles. The number of hydrogen-bond acceptors (Lipinski definition) is 7. The molecule has 2 aliphatic rings. The van der Waals surface area contributed by atoms with Gasteiger partial charge in [-0.15, -0.1) is 0 Å². The lowest BCUT2D eigenvalue weighted by molar-refractivity contribution is -0.158. The molecule has 0 saturated carbocycles. The lowest BCUT2D eigenvalue weighted by Gasteiger charge is -2.30. The van der Waals surface area contributed by atoms with Crippen LogP contribution in [-0.2, 0) is 24.5 Å². The Bertz CT molecular complexity index is 1290. The number of hydrogen-bond donors (Lipinski definition) is 0. The molecule has 31 heavy (non-hydrogen) atoms. The normalized spacial score (nSPS) is 23.5. The molecule has 5 rings (SSSR count). The zero-order valence-electron chi connectivity index (χ0n) is 17.3. The Morgan fingerprint density at radius 3 is 2.55 bits per heavy atom. The number of benzene rings is 2. The predicted octanol–water partition coefficient (Wildman–Crippen LogP) is 3.36.